The van der Waals surface area contributed by atoms with E-state index in [0.29, 0.717) is 39.0 Å². The second kappa shape index (κ2) is 9.50. The first-order valence-corrected chi connectivity index (χ1v) is 12.4. The number of aromatic nitrogens is 1. The second-order valence-electron chi connectivity index (χ2n) is 8.77. The Balaban J connectivity index is 1.60. The van der Waals surface area contributed by atoms with E-state index in [2.05, 4.69) is 12.2 Å². The zero-order chi connectivity index (χ0) is 24.5. The predicted octanol–water partition coefficient (Wildman–Crippen LogP) is 6.14. The number of carbonyl (C=O) groups excluding carboxylic acids is 2. The van der Waals surface area contributed by atoms with E-state index in [1.807, 2.05) is 48.5 Å². The highest BCUT2D eigenvalue weighted by molar-refractivity contribution is 7.17. The summed E-state index contributed by atoms with van der Waals surface area (Å²) in [5.74, 6) is 0.510. The van der Waals surface area contributed by atoms with Crippen molar-refractivity contribution in [1.82, 2.24) is 4.98 Å². The van der Waals surface area contributed by atoms with E-state index in [-0.39, 0.29) is 5.91 Å². The maximum atomic E-state index is 13.7. The van der Waals surface area contributed by atoms with Gasteiger partial charge in [0.05, 0.1) is 36.6 Å². The van der Waals surface area contributed by atoms with Crippen molar-refractivity contribution in [2.45, 2.75) is 26.2 Å². The van der Waals surface area contributed by atoms with Crippen LogP contribution in [0.5, 0.6) is 5.75 Å². The number of methoxy groups -OCH3 is 2. The Bertz CT molecular complexity index is 1440. The fraction of sp³-hybridized carbons (Fsp3) is 0.250. The van der Waals surface area contributed by atoms with E-state index in [1.165, 1.54) is 18.4 Å². The zero-order valence-corrected chi connectivity index (χ0v) is 20.7. The third-order valence-corrected chi connectivity index (χ3v) is 7.64. The number of nitrogens with zero attached hydrogens (tertiary/aromatic N) is 1. The second-order valence-corrected chi connectivity index (χ2v) is 9.88. The van der Waals surface area contributed by atoms with Crippen LogP contribution < -0.4 is 10.1 Å². The molecule has 6 nitrogen and oxygen atoms in total. The molecule has 0 bridgehead atoms. The first-order chi connectivity index (χ1) is 17.0. The average molecular weight is 487 g/mol. The summed E-state index contributed by atoms with van der Waals surface area (Å²) in [6.45, 7) is 2.21. The molecule has 1 unspecified atom stereocenters. The van der Waals surface area contributed by atoms with E-state index >= 15 is 0 Å². The number of benzene rings is 2. The molecule has 2 aromatic carbocycles. The minimum Gasteiger partial charge on any atom is -0.496 e. The number of nitrogens with one attached hydrogen (secondary N) is 1. The smallest absolute Gasteiger partial charge is 0.341 e. The predicted molar refractivity (Wildman–Crippen MR) is 139 cm³/mol. The van der Waals surface area contributed by atoms with Gasteiger partial charge in [0.1, 0.15) is 10.8 Å². The quantitative estimate of drug-likeness (QED) is 0.343. The monoisotopic (exact) mass is 486 g/mol. The van der Waals surface area contributed by atoms with Gasteiger partial charge in [-0.3, -0.25) is 4.79 Å². The number of hydrogen-bond acceptors (Lipinski definition) is 6. The lowest BCUT2D eigenvalue weighted by atomic mass is 9.88. The van der Waals surface area contributed by atoms with Gasteiger partial charge in [0, 0.05) is 15.8 Å². The fourth-order valence-corrected chi connectivity index (χ4v) is 6.08. The SMILES string of the molecule is COC(=O)c1c(NC(=O)c2cc(-c3ccccc3OC)nc3ccccc23)sc2c1CCC(C)C2. The van der Waals surface area contributed by atoms with Crippen LogP contribution in [0.15, 0.2) is 54.6 Å². The van der Waals surface area contributed by atoms with Gasteiger partial charge in [0.2, 0.25) is 0 Å². The number of carbonyl (C=O) groups is 2. The van der Waals surface area contributed by atoms with Gasteiger partial charge < -0.3 is 14.8 Å². The van der Waals surface area contributed by atoms with Gasteiger partial charge in [0.25, 0.3) is 5.91 Å². The lowest BCUT2D eigenvalue weighted by Gasteiger charge is -2.18. The molecule has 178 valence electrons. The Hall–Kier alpha value is -3.71. The van der Waals surface area contributed by atoms with Gasteiger partial charge in [-0.25, -0.2) is 9.78 Å². The molecule has 0 spiro atoms. The van der Waals surface area contributed by atoms with Crippen LogP contribution >= 0.6 is 11.3 Å². The largest absolute Gasteiger partial charge is 0.496 e. The van der Waals surface area contributed by atoms with Crippen molar-refractivity contribution in [3.05, 3.63) is 76.2 Å². The van der Waals surface area contributed by atoms with Crippen molar-refractivity contribution in [1.29, 1.82) is 0 Å². The molecule has 1 amide bonds. The first-order valence-electron chi connectivity index (χ1n) is 11.6. The number of anilines is 1. The first kappa shape index (κ1) is 23.1. The van der Waals surface area contributed by atoms with Gasteiger partial charge in [-0.05, 0) is 55.0 Å². The maximum Gasteiger partial charge on any atom is 0.341 e. The van der Waals surface area contributed by atoms with Crippen LogP contribution in [0.25, 0.3) is 22.2 Å². The minimum atomic E-state index is -0.415. The Kier molecular flexibility index (Phi) is 6.26. The van der Waals surface area contributed by atoms with Crippen molar-refractivity contribution in [3.8, 4) is 17.0 Å². The molecule has 0 saturated carbocycles. The van der Waals surface area contributed by atoms with Crippen LogP contribution in [0.4, 0.5) is 5.00 Å². The van der Waals surface area contributed by atoms with Gasteiger partial charge in [-0.15, -0.1) is 11.3 Å². The number of ether oxygens (including phenoxy) is 2. The average Bonchev–Trinajstić information content (AvgIpc) is 3.24. The summed E-state index contributed by atoms with van der Waals surface area (Å²) in [4.78, 5) is 32.3. The number of hydrogen-bond donors (Lipinski definition) is 1. The Labute approximate surface area is 207 Å². The molecule has 1 aliphatic rings. The van der Waals surface area contributed by atoms with Crippen molar-refractivity contribution in [3.63, 3.8) is 0 Å². The Morgan fingerprint density at radius 1 is 1.09 bits per heavy atom. The lowest BCUT2D eigenvalue weighted by molar-refractivity contribution is 0.0601. The van der Waals surface area contributed by atoms with E-state index in [1.54, 1.807) is 13.2 Å². The molecule has 0 fully saturated rings. The van der Waals surface area contributed by atoms with Crippen molar-refractivity contribution >= 4 is 39.1 Å². The topological polar surface area (TPSA) is 77.5 Å². The molecule has 35 heavy (non-hydrogen) atoms. The number of amides is 1. The molecule has 1 N–H and O–H groups in total. The minimum absolute atomic E-state index is 0.295. The fourth-order valence-electron chi connectivity index (χ4n) is 4.68. The number of fused-ring (bicyclic) bond motifs is 2. The van der Waals surface area contributed by atoms with Crippen LogP contribution in [0.1, 0.15) is 44.5 Å². The third kappa shape index (κ3) is 4.28. The van der Waals surface area contributed by atoms with Crippen LogP contribution in [0, 0.1) is 5.92 Å². The molecule has 5 rings (SSSR count). The lowest BCUT2D eigenvalue weighted by Crippen LogP contribution is -2.16. The highest BCUT2D eigenvalue weighted by atomic mass is 32.1. The van der Waals surface area contributed by atoms with Gasteiger partial charge in [-0.1, -0.05) is 37.3 Å². The van der Waals surface area contributed by atoms with E-state index in [0.717, 1.165) is 40.7 Å². The Morgan fingerprint density at radius 2 is 1.86 bits per heavy atom. The molecule has 0 saturated heterocycles. The van der Waals surface area contributed by atoms with Crippen molar-refractivity contribution < 1.29 is 19.1 Å². The third-order valence-electron chi connectivity index (χ3n) is 6.47. The van der Waals surface area contributed by atoms with E-state index < -0.39 is 5.97 Å². The number of esters is 1. The summed E-state index contributed by atoms with van der Waals surface area (Å²) in [7, 11) is 2.99. The number of rotatable bonds is 5. The Morgan fingerprint density at radius 3 is 2.66 bits per heavy atom. The van der Waals surface area contributed by atoms with E-state index in [9.17, 15) is 9.59 Å². The summed E-state index contributed by atoms with van der Waals surface area (Å²) >= 11 is 1.48. The summed E-state index contributed by atoms with van der Waals surface area (Å²) in [6.07, 6.45) is 2.72. The normalized spacial score (nSPS) is 14.9. The highest BCUT2D eigenvalue weighted by Crippen LogP contribution is 2.40. The summed E-state index contributed by atoms with van der Waals surface area (Å²) < 4.78 is 10.6. The van der Waals surface area contributed by atoms with Crippen molar-refractivity contribution in [2.24, 2.45) is 5.92 Å². The number of pyridine rings is 1. The van der Waals surface area contributed by atoms with Crippen LogP contribution in [-0.2, 0) is 17.6 Å². The van der Waals surface area contributed by atoms with Crippen LogP contribution in [0.3, 0.4) is 0 Å². The molecule has 2 heterocycles. The van der Waals surface area contributed by atoms with Crippen molar-refractivity contribution in [2.75, 3.05) is 19.5 Å². The molecule has 7 heteroatoms. The zero-order valence-electron chi connectivity index (χ0n) is 19.9. The molecular formula is C28H26N2O4S. The number of para-hydroxylation sites is 2. The molecule has 4 aromatic rings. The molecule has 2 aromatic heterocycles. The van der Waals surface area contributed by atoms with Crippen LogP contribution in [0.2, 0.25) is 0 Å². The summed E-state index contributed by atoms with van der Waals surface area (Å²) in [6, 6.07) is 16.9. The van der Waals surface area contributed by atoms with E-state index in [4.69, 9.17) is 14.5 Å². The molecule has 1 aliphatic carbocycles. The summed E-state index contributed by atoms with van der Waals surface area (Å²) in [5.41, 5.74) is 4.10. The molecular weight excluding hydrogens is 460 g/mol. The molecule has 0 radical (unpaired) electrons. The van der Waals surface area contributed by atoms with Gasteiger partial charge >= 0.3 is 5.97 Å². The van der Waals surface area contributed by atoms with Gasteiger partial charge in [0.15, 0.2) is 0 Å². The van der Waals surface area contributed by atoms with Gasteiger partial charge in [-0.2, -0.15) is 0 Å². The summed E-state index contributed by atoms with van der Waals surface area (Å²) in [5, 5.41) is 4.31. The standard InChI is InChI=1S/C28H26N2O4S/c1-16-12-13-19-24(14-16)35-27(25(19)28(32)34-3)30-26(31)20-15-22(18-9-5-7-11-23(18)33-2)29-21-10-6-4-8-17(20)21/h4-11,15-16H,12-14H2,1-3H3,(H,30,31). The highest BCUT2D eigenvalue weighted by Gasteiger charge is 2.29. The molecule has 0 aliphatic heterocycles. The number of thiophene rings is 1. The molecule has 1 atom stereocenters. The maximum absolute atomic E-state index is 13.7. The van der Waals surface area contributed by atoms with Crippen LogP contribution in [-0.4, -0.2) is 31.1 Å².